The lowest BCUT2D eigenvalue weighted by molar-refractivity contribution is 0.0947. The Balaban J connectivity index is 1.54. The number of halogens is 4. The molecule has 4 rings (SSSR count). The van der Waals surface area contributed by atoms with E-state index in [-0.39, 0.29) is 22.3 Å². The van der Waals surface area contributed by atoms with Gasteiger partial charge >= 0.3 is 0 Å². The van der Waals surface area contributed by atoms with Gasteiger partial charge in [-0.3, -0.25) is 9.48 Å². The maximum absolute atomic E-state index is 13.4. The van der Waals surface area contributed by atoms with E-state index in [4.69, 9.17) is 23.2 Å². The molecule has 0 aliphatic rings. The molecule has 164 valence electrons. The van der Waals surface area contributed by atoms with Crippen LogP contribution in [0, 0.1) is 11.6 Å². The van der Waals surface area contributed by atoms with Crippen LogP contribution in [0.25, 0.3) is 11.0 Å². The first kappa shape index (κ1) is 21.9. The molecule has 4 aromatic rings. The lowest BCUT2D eigenvalue weighted by Crippen LogP contribution is -2.24. The number of aryl methyl sites for hydroxylation is 1. The summed E-state index contributed by atoms with van der Waals surface area (Å²) in [6, 6.07) is 8.62. The number of fused-ring (bicyclic) bond motifs is 1. The van der Waals surface area contributed by atoms with Gasteiger partial charge in [-0.15, -0.1) is 0 Å². The van der Waals surface area contributed by atoms with Gasteiger partial charge in [-0.05, 0) is 35.4 Å². The summed E-state index contributed by atoms with van der Waals surface area (Å²) in [4.78, 5) is 21.1. The number of rotatable bonds is 6. The Morgan fingerprint density at radius 1 is 1.00 bits per heavy atom. The summed E-state index contributed by atoms with van der Waals surface area (Å²) in [5.41, 5.74) is 2.41. The largest absolute Gasteiger partial charge is 0.363 e. The number of benzene rings is 2. The Morgan fingerprint density at radius 2 is 1.62 bits per heavy atom. The first-order valence-electron chi connectivity index (χ1n) is 9.41. The van der Waals surface area contributed by atoms with Crippen molar-refractivity contribution >= 4 is 46.0 Å². The number of anilines is 1. The molecule has 0 bridgehead atoms. The molecule has 0 saturated carbocycles. The van der Waals surface area contributed by atoms with E-state index in [1.807, 2.05) is 0 Å². The Morgan fingerprint density at radius 3 is 2.25 bits per heavy atom. The quantitative estimate of drug-likeness (QED) is 0.428. The molecule has 0 aliphatic heterocycles. The second kappa shape index (κ2) is 9.05. The monoisotopic (exact) mass is 476 g/mol. The van der Waals surface area contributed by atoms with Gasteiger partial charge in [0, 0.05) is 20.1 Å². The smallest absolute Gasteiger partial charge is 0.272 e. The third-order valence-electron chi connectivity index (χ3n) is 4.72. The number of nitrogens with one attached hydrogen (secondary N) is 2. The van der Waals surface area contributed by atoms with E-state index < -0.39 is 17.5 Å². The normalized spacial score (nSPS) is 11.0. The Bertz CT molecular complexity index is 1330. The molecule has 7 nitrogen and oxygen atoms in total. The van der Waals surface area contributed by atoms with Gasteiger partial charge in [0.15, 0.2) is 11.5 Å². The highest BCUT2D eigenvalue weighted by Crippen LogP contribution is 2.23. The summed E-state index contributed by atoms with van der Waals surface area (Å²) in [6.45, 7) is 0.460. The van der Waals surface area contributed by atoms with Crippen LogP contribution in [-0.2, 0) is 20.1 Å². The fourth-order valence-electron chi connectivity index (χ4n) is 3.14. The molecule has 0 spiro atoms. The number of nitrogens with zero attached hydrogens (tertiary/aromatic N) is 4. The van der Waals surface area contributed by atoms with Gasteiger partial charge in [0.2, 0.25) is 0 Å². The van der Waals surface area contributed by atoms with Gasteiger partial charge in [0.25, 0.3) is 5.91 Å². The molecule has 0 fully saturated rings. The topological polar surface area (TPSA) is 84.7 Å². The van der Waals surface area contributed by atoms with Crippen molar-refractivity contribution in [3.8, 4) is 0 Å². The molecule has 2 heterocycles. The molecule has 0 unspecified atom stereocenters. The van der Waals surface area contributed by atoms with Crippen molar-refractivity contribution in [3.63, 3.8) is 0 Å². The van der Waals surface area contributed by atoms with Crippen LogP contribution < -0.4 is 10.6 Å². The second-order valence-electron chi connectivity index (χ2n) is 6.92. The number of carbonyl (C=O) groups is 1. The summed E-state index contributed by atoms with van der Waals surface area (Å²) >= 11 is 11.6. The molecule has 2 aromatic heterocycles. The zero-order chi connectivity index (χ0) is 22.8. The van der Waals surface area contributed by atoms with Crippen LogP contribution in [0.15, 0.2) is 42.7 Å². The highest BCUT2D eigenvalue weighted by Gasteiger charge is 2.19. The number of amides is 1. The minimum Gasteiger partial charge on any atom is -0.363 e. The van der Waals surface area contributed by atoms with Gasteiger partial charge < -0.3 is 10.6 Å². The third kappa shape index (κ3) is 4.49. The van der Waals surface area contributed by atoms with Crippen LogP contribution >= 0.6 is 23.2 Å². The van der Waals surface area contributed by atoms with Crippen LogP contribution in [-0.4, -0.2) is 25.7 Å². The number of aromatic nitrogens is 4. The minimum atomic E-state index is -0.530. The van der Waals surface area contributed by atoms with Crippen molar-refractivity contribution in [2.45, 2.75) is 13.1 Å². The van der Waals surface area contributed by atoms with E-state index in [1.165, 1.54) is 41.3 Å². The van der Waals surface area contributed by atoms with Crippen molar-refractivity contribution in [2.75, 3.05) is 5.32 Å². The lowest BCUT2D eigenvalue weighted by atomic mass is 10.2. The maximum atomic E-state index is 13.4. The molecular formula is C21H16Cl2F2N6O. The van der Waals surface area contributed by atoms with Crippen LogP contribution in [0.2, 0.25) is 10.0 Å². The van der Waals surface area contributed by atoms with Gasteiger partial charge in [-0.25, -0.2) is 18.7 Å². The Hall–Kier alpha value is -3.30. The number of hydrogen-bond donors (Lipinski definition) is 2. The van der Waals surface area contributed by atoms with Crippen molar-refractivity contribution in [3.05, 3.63) is 81.2 Å². The molecule has 2 aromatic carbocycles. The molecule has 11 heteroatoms. The molecule has 1 amide bonds. The number of hydrogen-bond acceptors (Lipinski definition) is 5. The molecule has 32 heavy (non-hydrogen) atoms. The highest BCUT2D eigenvalue weighted by atomic mass is 35.5. The first-order valence-corrected chi connectivity index (χ1v) is 10.2. The van der Waals surface area contributed by atoms with E-state index >= 15 is 0 Å². The van der Waals surface area contributed by atoms with Gasteiger partial charge in [0.05, 0.1) is 10.0 Å². The van der Waals surface area contributed by atoms with Crippen LogP contribution in [0.3, 0.4) is 0 Å². The van der Waals surface area contributed by atoms with Crippen LogP contribution in [0.4, 0.5) is 14.6 Å². The molecule has 2 N–H and O–H groups in total. The van der Waals surface area contributed by atoms with Gasteiger partial charge in [-0.2, -0.15) is 5.10 Å². The summed E-state index contributed by atoms with van der Waals surface area (Å²) in [5, 5.41) is 10.2. The summed E-state index contributed by atoms with van der Waals surface area (Å²) < 4.78 is 28.2. The van der Waals surface area contributed by atoms with Crippen molar-refractivity contribution in [1.82, 2.24) is 25.1 Å². The fourth-order valence-corrected chi connectivity index (χ4v) is 3.55. The zero-order valence-corrected chi connectivity index (χ0v) is 18.2. The Kier molecular flexibility index (Phi) is 6.20. The van der Waals surface area contributed by atoms with Crippen LogP contribution in [0.1, 0.15) is 21.6 Å². The van der Waals surface area contributed by atoms with E-state index in [9.17, 15) is 13.6 Å². The molecule has 0 atom stereocenters. The van der Waals surface area contributed by atoms with E-state index in [0.29, 0.717) is 29.0 Å². The molecule has 0 saturated heterocycles. The summed E-state index contributed by atoms with van der Waals surface area (Å²) in [5.74, 6) is -1.04. The predicted molar refractivity (Wildman–Crippen MR) is 118 cm³/mol. The highest BCUT2D eigenvalue weighted by molar-refractivity contribution is 6.31. The average molecular weight is 477 g/mol. The molecule has 0 aliphatic carbocycles. The van der Waals surface area contributed by atoms with E-state index in [0.717, 1.165) is 5.56 Å². The van der Waals surface area contributed by atoms with E-state index in [2.05, 4.69) is 25.7 Å². The summed E-state index contributed by atoms with van der Waals surface area (Å²) in [6.07, 6.45) is 1.27. The third-order valence-corrected chi connectivity index (χ3v) is 5.30. The SMILES string of the molecule is Cn1nc(NCc2ccc(F)c(Cl)c2)c2ncnc(C(=O)NCc3ccc(F)c(Cl)c3)c21. The minimum absolute atomic E-state index is 0.0223. The van der Waals surface area contributed by atoms with Crippen LogP contribution in [0.5, 0.6) is 0 Å². The number of carbonyl (C=O) groups excluding carboxylic acids is 1. The lowest BCUT2D eigenvalue weighted by Gasteiger charge is -2.07. The van der Waals surface area contributed by atoms with Crippen molar-refractivity contribution in [1.29, 1.82) is 0 Å². The van der Waals surface area contributed by atoms with Crippen molar-refractivity contribution < 1.29 is 13.6 Å². The van der Waals surface area contributed by atoms with Gasteiger partial charge in [0.1, 0.15) is 29.0 Å². The second-order valence-corrected chi connectivity index (χ2v) is 7.74. The van der Waals surface area contributed by atoms with Gasteiger partial charge in [-0.1, -0.05) is 35.3 Å². The predicted octanol–water partition coefficient (Wildman–Crippen LogP) is 4.49. The maximum Gasteiger partial charge on any atom is 0.272 e. The standard InChI is InChI=1S/C21H16Cl2F2N6O/c1-31-19-17(20(30-31)26-8-11-2-4-15(24)13(22)6-11)28-10-29-18(19)21(32)27-9-12-3-5-16(25)14(23)7-12/h2-7,10H,8-9H2,1H3,(H,26,30)(H,27,32). The van der Waals surface area contributed by atoms with E-state index in [1.54, 1.807) is 13.1 Å². The first-order chi connectivity index (χ1) is 15.3. The fraction of sp³-hybridized carbons (Fsp3) is 0.143. The Labute approximate surface area is 191 Å². The molecule has 0 radical (unpaired) electrons. The zero-order valence-electron chi connectivity index (χ0n) is 16.7. The molecular weight excluding hydrogens is 461 g/mol. The average Bonchev–Trinajstić information content (AvgIpc) is 3.11. The summed E-state index contributed by atoms with van der Waals surface area (Å²) in [7, 11) is 1.67. The van der Waals surface area contributed by atoms with Crippen molar-refractivity contribution in [2.24, 2.45) is 7.05 Å².